The highest BCUT2D eigenvalue weighted by atomic mass is 79.9. The first kappa shape index (κ1) is 13.8. The predicted octanol–water partition coefficient (Wildman–Crippen LogP) is 2.93. The maximum Gasteiger partial charge on any atom is 0.251 e. The second-order valence-corrected chi connectivity index (χ2v) is 5.94. The fraction of sp³-hybridized carbons (Fsp3) is 0.462. The van der Waals surface area contributed by atoms with Gasteiger partial charge in [0.05, 0.1) is 5.02 Å². The molecule has 0 saturated carbocycles. The van der Waals surface area contributed by atoms with Crippen molar-refractivity contribution in [2.45, 2.75) is 18.9 Å². The van der Waals surface area contributed by atoms with Gasteiger partial charge < -0.3 is 10.2 Å². The lowest BCUT2D eigenvalue weighted by Gasteiger charge is -2.29. The van der Waals surface area contributed by atoms with Gasteiger partial charge in [0.2, 0.25) is 0 Å². The van der Waals surface area contributed by atoms with Crippen molar-refractivity contribution in [3.05, 3.63) is 33.3 Å². The van der Waals surface area contributed by atoms with Crippen molar-refractivity contribution in [1.29, 1.82) is 0 Å². The Labute approximate surface area is 121 Å². The van der Waals surface area contributed by atoms with E-state index in [4.69, 9.17) is 11.6 Å². The smallest absolute Gasteiger partial charge is 0.251 e. The number of hydrogen-bond donors (Lipinski definition) is 1. The van der Waals surface area contributed by atoms with Crippen LogP contribution in [0.1, 0.15) is 23.2 Å². The SMILES string of the molecule is CN1CCC(NC(=O)c2ccc(Cl)c(Br)c2)CC1. The third-order valence-electron chi connectivity index (χ3n) is 3.24. The fourth-order valence-corrected chi connectivity index (χ4v) is 2.56. The quantitative estimate of drug-likeness (QED) is 0.904. The normalized spacial score (nSPS) is 17.7. The van der Waals surface area contributed by atoms with Crippen molar-refractivity contribution < 1.29 is 4.79 Å². The van der Waals surface area contributed by atoms with Gasteiger partial charge in [0.15, 0.2) is 0 Å². The number of benzene rings is 1. The second kappa shape index (κ2) is 6.04. The van der Waals surface area contributed by atoms with Crippen molar-refractivity contribution in [2.75, 3.05) is 20.1 Å². The van der Waals surface area contributed by atoms with Crippen molar-refractivity contribution in [2.24, 2.45) is 0 Å². The van der Waals surface area contributed by atoms with E-state index in [9.17, 15) is 4.79 Å². The van der Waals surface area contributed by atoms with E-state index in [-0.39, 0.29) is 11.9 Å². The average molecular weight is 332 g/mol. The highest BCUT2D eigenvalue weighted by Crippen LogP contribution is 2.23. The van der Waals surface area contributed by atoms with Crippen LogP contribution in [0.3, 0.4) is 0 Å². The molecule has 0 unspecified atom stereocenters. The summed E-state index contributed by atoms with van der Waals surface area (Å²) in [5, 5.41) is 3.69. The molecule has 1 amide bonds. The summed E-state index contributed by atoms with van der Waals surface area (Å²) in [6.07, 6.45) is 2.02. The summed E-state index contributed by atoms with van der Waals surface area (Å²) in [5.74, 6) is -0.0260. The van der Waals surface area contributed by atoms with Gasteiger partial charge in [-0.05, 0) is 67.1 Å². The molecule has 0 aromatic heterocycles. The van der Waals surface area contributed by atoms with Crippen LogP contribution in [0.15, 0.2) is 22.7 Å². The first-order valence-electron chi connectivity index (χ1n) is 6.00. The topological polar surface area (TPSA) is 32.3 Å². The molecule has 0 radical (unpaired) electrons. The number of carbonyl (C=O) groups is 1. The first-order valence-corrected chi connectivity index (χ1v) is 7.18. The van der Waals surface area contributed by atoms with Crippen LogP contribution >= 0.6 is 27.5 Å². The molecule has 1 aliphatic rings. The lowest BCUT2D eigenvalue weighted by molar-refractivity contribution is 0.0917. The Bertz CT molecular complexity index is 445. The van der Waals surface area contributed by atoms with Crippen LogP contribution in [-0.2, 0) is 0 Å². The summed E-state index contributed by atoms with van der Waals surface area (Å²) in [6.45, 7) is 2.07. The summed E-state index contributed by atoms with van der Waals surface area (Å²) < 4.78 is 0.750. The molecule has 1 N–H and O–H groups in total. The lowest BCUT2D eigenvalue weighted by atomic mass is 10.0. The van der Waals surface area contributed by atoms with Gasteiger partial charge in [-0.25, -0.2) is 0 Å². The van der Waals surface area contributed by atoms with E-state index in [0.29, 0.717) is 10.6 Å². The molecular formula is C13H16BrClN2O. The molecule has 1 saturated heterocycles. The van der Waals surface area contributed by atoms with Gasteiger partial charge in [-0.2, -0.15) is 0 Å². The van der Waals surface area contributed by atoms with E-state index in [2.05, 4.69) is 33.2 Å². The Morgan fingerprint density at radius 1 is 1.44 bits per heavy atom. The second-order valence-electron chi connectivity index (χ2n) is 4.68. The van der Waals surface area contributed by atoms with Gasteiger partial charge in [-0.15, -0.1) is 0 Å². The molecule has 0 aliphatic carbocycles. The zero-order valence-electron chi connectivity index (χ0n) is 10.2. The van der Waals surface area contributed by atoms with Gasteiger partial charge in [0, 0.05) is 16.1 Å². The molecular weight excluding hydrogens is 316 g/mol. The van der Waals surface area contributed by atoms with Crippen molar-refractivity contribution in [1.82, 2.24) is 10.2 Å². The summed E-state index contributed by atoms with van der Waals surface area (Å²) in [7, 11) is 2.11. The summed E-state index contributed by atoms with van der Waals surface area (Å²) in [4.78, 5) is 14.3. The molecule has 0 atom stereocenters. The van der Waals surface area contributed by atoms with Crippen LogP contribution in [0.5, 0.6) is 0 Å². The number of halogens is 2. The molecule has 5 heteroatoms. The average Bonchev–Trinajstić information content (AvgIpc) is 2.35. The minimum atomic E-state index is -0.0260. The van der Waals surface area contributed by atoms with E-state index in [1.54, 1.807) is 18.2 Å². The third-order valence-corrected chi connectivity index (χ3v) is 4.45. The van der Waals surface area contributed by atoms with Crippen molar-refractivity contribution in [3.8, 4) is 0 Å². The molecule has 0 bridgehead atoms. The van der Waals surface area contributed by atoms with Crippen LogP contribution in [0.4, 0.5) is 0 Å². The van der Waals surface area contributed by atoms with Crippen molar-refractivity contribution >= 4 is 33.4 Å². The largest absolute Gasteiger partial charge is 0.349 e. The third kappa shape index (κ3) is 3.46. The molecule has 18 heavy (non-hydrogen) atoms. The van der Waals surface area contributed by atoms with E-state index < -0.39 is 0 Å². The van der Waals surface area contributed by atoms with Gasteiger partial charge in [0.1, 0.15) is 0 Å². The maximum absolute atomic E-state index is 12.1. The molecule has 1 aromatic carbocycles. The Kier molecular flexibility index (Phi) is 4.65. The fourth-order valence-electron chi connectivity index (χ4n) is 2.06. The van der Waals surface area contributed by atoms with Crippen LogP contribution in [0, 0.1) is 0 Å². The maximum atomic E-state index is 12.1. The molecule has 1 heterocycles. The van der Waals surface area contributed by atoms with E-state index in [0.717, 1.165) is 30.4 Å². The molecule has 1 aliphatic heterocycles. The minimum Gasteiger partial charge on any atom is -0.349 e. The van der Waals surface area contributed by atoms with E-state index in [1.165, 1.54) is 0 Å². The van der Waals surface area contributed by atoms with Crippen LogP contribution in [0.2, 0.25) is 5.02 Å². The highest BCUT2D eigenvalue weighted by Gasteiger charge is 2.19. The Morgan fingerprint density at radius 2 is 2.11 bits per heavy atom. The Morgan fingerprint density at radius 3 is 2.72 bits per heavy atom. The van der Waals surface area contributed by atoms with Crippen molar-refractivity contribution in [3.63, 3.8) is 0 Å². The molecule has 3 nitrogen and oxygen atoms in total. The number of amides is 1. The lowest BCUT2D eigenvalue weighted by Crippen LogP contribution is -2.43. The highest BCUT2D eigenvalue weighted by molar-refractivity contribution is 9.10. The molecule has 98 valence electrons. The summed E-state index contributed by atoms with van der Waals surface area (Å²) in [5.41, 5.74) is 0.644. The number of likely N-dealkylation sites (tertiary alicyclic amines) is 1. The Balaban J connectivity index is 1.97. The number of piperidine rings is 1. The summed E-state index contributed by atoms with van der Waals surface area (Å²) in [6, 6.07) is 5.52. The van der Waals surface area contributed by atoms with Gasteiger partial charge in [0.25, 0.3) is 5.91 Å². The van der Waals surface area contributed by atoms with Gasteiger partial charge in [-0.3, -0.25) is 4.79 Å². The summed E-state index contributed by atoms with van der Waals surface area (Å²) >= 11 is 9.24. The number of nitrogens with one attached hydrogen (secondary N) is 1. The number of nitrogens with zero attached hydrogens (tertiary/aromatic N) is 1. The standard InChI is InChI=1S/C13H16BrClN2O/c1-17-6-4-10(5-7-17)16-13(18)9-2-3-12(15)11(14)8-9/h2-3,8,10H,4-7H2,1H3,(H,16,18). The predicted molar refractivity (Wildman–Crippen MR) is 77.1 cm³/mol. The van der Waals surface area contributed by atoms with Gasteiger partial charge in [-0.1, -0.05) is 11.6 Å². The van der Waals surface area contributed by atoms with Crippen LogP contribution in [0.25, 0.3) is 0 Å². The molecule has 2 rings (SSSR count). The monoisotopic (exact) mass is 330 g/mol. The Hall–Kier alpha value is -0.580. The molecule has 1 aromatic rings. The van der Waals surface area contributed by atoms with Crippen LogP contribution in [-0.4, -0.2) is 37.0 Å². The zero-order chi connectivity index (χ0) is 13.1. The van der Waals surface area contributed by atoms with E-state index in [1.807, 2.05) is 0 Å². The van der Waals surface area contributed by atoms with Crippen LogP contribution < -0.4 is 5.32 Å². The van der Waals surface area contributed by atoms with E-state index >= 15 is 0 Å². The number of hydrogen-bond acceptors (Lipinski definition) is 2. The minimum absolute atomic E-state index is 0.0260. The molecule has 1 fully saturated rings. The zero-order valence-corrected chi connectivity index (χ0v) is 12.6. The first-order chi connectivity index (χ1) is 8.56. The molecule has 0 spiro atoms. The number of carbonyl (C=O) groups excluding carboxylic acids is 1. The number of rotatable bonds is 2. The van der Waals surface area contributed by atoms with Gasteiger partial charge >= 0.3 is 0 Å².